The maximum Gasteiger partial charge on any atom is 0.235 e. The highest BCUT2D eigenvalue weighted by atomic mass is 35.5. The Morgan fingerprint density at radius 3 is 2.61 bits per heavy atom. The molecule has 1 aromatic rings. The van der Waals surface area contributed by atoms with Gasteiger partial charge in [0.1, 0.15) is 6.07 Å². The van der Waals surface area contributed by atoms with E-state index in [0.29, 0.717) is 11.3 Å². The normalized spacial score (nSPS) is 12.8. The van der Waals surface area contributed by atoms with E-state index < -0.39 is 10.0 Å². The predicted molar refractivity (Wildman–Crippen MR) is 73.2 cm³/mol. The average molecular weight is 287 g/mol. The molecule has 0 heterocycles. The van der Waals surface area contributed by atoms with Gasteiger partial charge in [-0.15, -0.1) is 11.6 Å². The minimum atomic E-state index is -3.46. The lowest BCUT2D eigenvalue weighted by atomic mass is 10.2. The molecule has 0 saturated heterocycles. The van der Waals surface area contributed by atoms with Crippen molar-refractivity contribution in [2.24, 2.45) is 5.92 Å². The summed E-state index contributed by atoms with van der Waals surface area (Å²) in [5.41, 5.74) is 0.726. The van der Waals surface area contributed by atoms with Crippen molar-refractivity contribution < 1.29 is 8.42 Å². The first kappa shape index (κ1) is 14.8. The quantitative estimate of drug-likeness (QED) is 0.780. The Kier molecular flexibility index (Phi) is 5.00. The Bertz CT molecular complexity index is 551. The second-order valence-electron chi connectivity index (χ2n) is 4.13. The van der Waals surface area contributed by atoms with Crippen LogP contribution in [0.2, 0.25) is 0 Å². The molecule has 0 bridgehead atoms. The molecule has 1 unspecified atom stereocenters. The van der Waals surface area contributed by atoms with Gasteiger partial charge >= 0.3 is 0 Å². The van der Waals surface area contributed by atoms with Crippen molar-refractivity contribution in [2.45, 2.75) is 6.92 Å². The van der Waals surface area contributed by atoms with Gasteiger partial charge < -0.3 is 0 Å². The Morgan fingerprint density at radius 2 is 2.06 bits per heavy atom. The Balaban J connectivity index is 3.07. The summed E-state index contributed by atoms with van der Waals surface area (Å²) in [6, 6.07) is 8.59. The zero-order valence-corrected chi connectivity index (χ0v) is 11.9. The van der Waals surface area contributed by atoms with Gasteiger partial charge in [0.25, 0.3) is 0 Å². The van der Waals surface area contributed by atoms with E-state index in [1.807, 2.05) is 6.07 Å². The summed E-state index contributed by atoms with van der Waals surface area (Å²) >= 11 is 5.63. The third-order valence-electron chi connectivity index (χ3n) is 2.54. The summed E-state index contributed by atoms with van der Waals surface area (Å²) in [6.07, 6.45) is 0. The van der Waals surface area contributed by atoms with Gasteiger partial charge in [-0.25, -0.2) is 8.42 Å². The second-order valence-corrected chi connectivity index (χ2v) is 6.49. The minimum absolute atomic E-state index is 0.0350. The van der Waals surface area contributed by atoms with Crippen LogP contribution in [0.15, 0.2) is 24.3 Å². The zero-order valence-electron chi connectivity index (χ0n) is 10.3. The second kappa shape index (κ2) is 6.07. The van der Waals surface area contributed by atoms with E-state index in [-0.39, 0.29) is 17.6 Å². The van der Waals surface area contributed by atoms with Gasteiger partial charge in [-0.05, 0) is 18.1 Å². The monoisotopic (exact) mass is 286 g/mol. The lowest BCUT2D eigenvalue weighted by Gasteiger charge is -2.21. The molecule has 1 rings (SSSR count). The molecule has 18 heavy (non-hydrogen) atoms. The van der Waals surface area contributed by atoms with E-state index in [0.717, 1.165) is 4.31 Å². The number of anilines is 1. The van der Waals surface area contributed by atoms with Crippen LogP contribution in [0.3, 0.4) is 0 Å². The van der Waals surface area contributed by atoms with Crippen LogP contribution in [0, 0.1) is 17.2 Å². The maximum atomic E-state index is 12.1. The molecule has 1 aromatic carbocycles. The number of para-hydroxylation sites is 1. The summed E-state index contributed by atoms with van der Waals surface area (Å²) in [5.74, 6) is 0.119. The molecule has 98 valence electrons. The molecule has 0 radical (unpaired) electrons. The van der Waals surface area contributed by atoms with Crippen LogP contribution in [0.5, 0.6) is 0 Å². The van der Waals surface area contributed by atoms with Crippen LogP contribution < -0.4 is 4.31 Å². The molecule has 0 aliphatic rings. The first-order valence-corrected chi connectivity index (χ1v) is 7.58. The Hall–Kier alpha value is -1.25. The van der Waals surface area contributed by atoms with Crippen LogP contribution in [0.25, 0.3) is 0 Å². The number of rotatable bonds is 5. The summed E-state index contributed by atoms with van der Waals surface area (Å²) < 4.78 is 25.4. The van der Waals surface area contributed by atoms with Crippen molar-refractivity contribution in [3.63, 3.8) is 0 Å². The third-order valence-corrected chi connectivity index (χ3v) is 5.09. The fraction of sp³-hybridized carbons (Fsp3) is 0.417. The van der Waals surface area contributed by atoms with E-state index in [1.54, 1.807) is 31.2 Å². The lowest BCUT2D eigenvalue weighted by molar-refractivity contribution is 0.581. The number of hydrogen-bond acceptors (Lipinski definition) is 3. The van der Waals surface area contributed by atoms with E-state index in [1.165, 1.54) is 7.05 Å². The van der Waals surface area contributed by atoms with E-state index in [4.69, 9.17) is 16.9 Å². The third kappa shape index (κ3) is 3.37. The van der Waals surface area contributed by atoms with Crippen LogP contribution in [-0.2, 0) is 10.0 Å². The predicted octanol–water partition coefficient (Wildman–Crippen LogP) is 2.20. The standard InChI is InChI=1S/C12H15ClN2O2S/c1-10(7-13)9-18(16,17)15(2)12-6-4-3-5-11(12)8-14/h3-6,10H,7,9H2,1-2H3. The van der Waals surface area contributed by atoms with Gasteiger partial charge in [0.05, 0.1) is 17.0 Å². The highest BCUT2D eigenvalue weighted by Crippen LogP contribution is 2.22. The van der Waals surface area contributed by atoms with Crippen LogP contribution in [-0.4, -0.2) is 27.1 Å². The van der Waals surface area contributed by atoms with Gasteiger partial charge in [0, 0.05) is 12.9 Å². The summed E-state index contributed by atoms with van der Waals surface area (Å²) in [4.78, 5) is 0. The molecule has 6 heteroatoms. The first-order chi connectivity index (χ1) is 8.42. The molecule has 0 aliphatic carbocycles. The molecule has 4 nitrogen and oxygen atoms in total. The van der Waals surface area contributed by atoms with E-state index >= 15 is 0 Å². The van der Waals surface area contributed by atoms with Gasteiger partial charge in [-0.3, -0.25) is 4.31 Å². The van der Waals surface area contributed by atoms with Crippen LogP contribution in [0.1, 0.15) is 12.5 Å². The number of nitriles is 1. The van der Waals surface area contributed by atoms with Crippen molar-refractivity contribution in [1.82, 2.24) is 0 Å². The molecule has 0 saturated carbocycles. The molecule has 1 atom stereocenters. The fourth-order valence-corrected chi connectivity index (χ4v) is 3.27. The first-order valence-electron chi connectivity index (χ1n) is 5.44. The van der Waals surface area contributed by atoms with Gasteiger partial charge in [0.2, 0.25) is 10.0 Å². The number of alkyl halides is 1. The molecular weight excluding hydrogens is 272 g/mol. The number of benzene rings is 1. The number of nitrogens with zero attached hydrogens (tertiary/aromatic N) is 2. The highest BCUT2D eigenvalue weighted by Gasteiger charge is 2.22. The van der Waals surface area contributed by atoms with E-state index in [2.05, 4.69) is 0 Å². The number of halogens is 1. The molecule has 0 amide bonds. The molecule has 0 fully saturated rings. The Morgan fingerprint density at radius 1 is 1.44 bits per heavy atom. The van der Waals surface area contributed by atoms with Gasteiger partial charge in [-0.1, -0.05) is 19.1 Å². The summed E-state index contributed by atoms with van der Waals surface area (Å²) in [7, 11) is -2.01. The summed E-state index contributed by atoms with van der Waals surface area (Å²) in [5, 5.41) is 8.97. The SMILES string of the molecule is CC(CCl)CS(=O)(=O)N(C)c1ccccc1C#N. The maximum absolute atomic E-state index is 12.1. The molecular formula is C12H15ClN2O2S. The largest absolute Gasteiger partial charge is 0.272 e. The molecule has 0 spiro atoms. The van der Waals surface area contributed by atoms with E-state index in [9.17, 15) is 8.42 Å². The van der Waals surface area contributed by atoms with Crippen molar-refractivity contribution >= 4 is 27.3 Å². The van der Waals surface area contributed by atoms with Crippen LogP contribution >= 0.6 is 11.6 Å². The van der Waals surface area contributed by atoms with Crippen LogP contribution in [0.4, 0.5) is 5.69 Å². The molecule has 0 N–H and O–H groups in total. The van der Waals surface area contributed by atoms with Crippen molar-refractivity contribution in [1.29, 1.82) is 5.26 Å². The average Bonchev–Trinajstić information content (AvgIpc) is 2.37. The smallest absolute Gasteiger partial charge is 0.235 e. The fourth-order valence-electron chi connectivity index (χ4n) is 1.51. The lowest BCUT2D eigenvalue weighted by Crippen LogP contribution is -2.32. The summed E-state index contributed by atoms with van der Waals surface area (Å²) in [6.45, 7) is 1.77. The molecule has 0 aliphatic heterocycles. The van der Waals surface area contributed by atoms with Crippen molar-refractivity contribution in [3.05, 3.63) is 29.8 Å². The molecule has 0 aromatic heterocycles. The Labute approximate surface area is 113 Å². The van der Waals surface area contributed by atoms with Gasteiger partial charge in [-0.2, -0.15) is 5.26 Å². The van der Waals surface area contributed by atoms with Crippen molar-refractivity contribution in [2.75, 3.05) is 23.0 Å². The highest BCUT2D eigenvalue weighted by molar-refractivity contribution is 7.92. The number of sulfonamides is 1. The minimum Gasteiger partial charge on any atom is -0.272 e. The zero-order chi connectivity index (χ0) is 13.8. The van der Waals surface area contributed by atoms with Crippen molar-refractivity contribution in [3.8, 4) is 6.07 Å². The number of hydrogen-bond donors (Lipinski definition) is 0. The topological polar surface area (TPSA) is 61.2 Å². The van der Waals surface area contributed by atoms with Gasteiger partial charge in [0.15, 0.2) is 0 Å².